The molecule has 0 heterocycles. The molecule has 2 aromatic rings. The van der Waals surface area contributed by atoms with Gasteiger partial charge in [-0.2, -0.15) is 0 Å². The second-order valence-corrected chi connectivity index (χ2v) is 8.97. The van der Waals surface area contributed by atoms with Gasteiger partial charge in [0.1, 0.15) is 22.0 Å². The van der Waals surface area contributed by atoms with Crippen LogP contribution in [0.15, 0.2) is 46.5 Å². The molecule has 1 saturated carbocycles. The number of halogens is 2. The zero-order valence-corrected chi connectivity index (χ0v) is 20.7. The summed E-state index contributed by atoms with van der Waals surface area (Å²) in [5.41, 5.74) is 3.51. The van der Waals surface area contributed by atoms with Gasteiger partial charge in [-0.25, -0.2) is 4.79 Å². The minimum absolute atomic E-state index is 0.0148. The Balaban J connectivity index is 1.81. The molecule has 2 N–H and O–H groups in total. The Morgan fingerprint density at radius 3 is 2.06 bits per heavy atom. The Hall–Kier alpha value is -2.74. The number of nitrogens with one attached hydrogen (secondary N) is 1. The summed E-state index contributed by atoms with van der Waals surface area (Å²) in [6.07, 6.45) is 1.72. The van der Waals surface area contributed by atoms with Crippen molar-refractivity contribution in [1.82, 2.24) is 5.32 Å². The van der Waals surface area contributed by atoms with Gasteiger partial charge in [0.25, 0.3) is 5.91 Å². The van der Waals surface area contributed by atoms with Crippen molar-refractivity contribution in [3.63, 3.8) is 0 Å². The molecule has 1 fully saturated rings. The highest BCUT2D eigenvalue weighted by molar-refractivity contribution is 6.57. The zero-order valence-electron chi connectivity index (χ0n) is 19.2. The third-order valence-corrected chi connectivity index (χ3v) is 6.00. The quantitative estimate of drug-likeness (QED) is 0.427. The Morgan fingerprint density at radius 1 is 1.03 bits per heavy atom. The maximum atomic E-state index is 12.6. The highest BCUT2D eigenvalue weighted by atomic mass is 35.5. The molecule has 1 aliphatic rings. The first-order chi connectivity index (χ1) is 16.3. The van der Waals surface area contributed by atoms with Gasteiger partial charge in [-0.3, -0.25) is 4.79 Å². The molecule has 0 aromatic heterocycles. The van der Waals surface area contributed by atoms with Crippen LogP contribution < -0.4 is 14.8 Å². The first-order valence-electron chi connectivity index (χ1n) is 10.7. The van der Waals surface area contributed by atoms with Crippen molar-refractivity contribution in [3.8, 4) is 22.6 Å². The monoisotopic (exact) mass is 507 g/mol. The molecule has 3 rings (SSSR count). The van der Waals surface area contributed by atoms with Gasteiger partial charge in [-0.15, -0.1) is 0 Å². The van der Waals surface area contributed by atoms with E-state index >= 15 is 0 Å². The highest BCUT2D eigenvalue weighted by Crippen LogP contribution is 2.41. The maximum absolute atomic E-state index is 12.6. The van der Waals surface area contributed by atoms with E-state index in [2.05, 4.69) is 5.32 Å². The summed E-state index contributed by atoms with van der Waals surface area (Å²) in [4.78, 5) is 24.4. The lowest BCUT2D eigenvalue weighted by atomic mass is 9.98. The van der Waals surface area contributed by atoms with Gasteiger partial charge in [0.05, 0.1) is 32.0 Å². The van der Waals surface area contributed by atoms with E-state index in [4.69, 9.17) is 37.4 Å². The summed E-state index contributed by atoms with van der Waals surface area (Å²) in [6.45, 7) is 0.417. The highest BCUT2D eigenvalue weighted by Gasteiger charge is 2.34. The van der Waals surface area contributed by atoms with Gasteiger partial charge < -0.3 is 24.6 Å². The Labute approximate surface area is 208 Å². The Morgan fingerprint density at radius 2 is 1.62 bits per heavy atom. The number of hydrogen-bond donors (Lipinski definition) is 2. The topological polar surface area (TPSA) is 94.1 Å². The van der Waals surface area contributed by atoms with Gasteiger partial charge in [0.2, 0.25) is 0 Å². The van der Waals surface area contributed by atoms with Crippen LogP contribution in [0.4, 0.5) is 0 Å². The minimum Gasteiger partial charge on any atom is -0.496 e. The van der Waals surface area contributed by atoms with E-state index in [9.17, 15) is 14.7 Å². The summed E-state index contributed by atoms with van der Waals surface area (Å²) < 4.78 is 16.2. The van der Waals surface area contributed by atoms with Gasteiger partial charge in [-0.1, -0.05) is 47.5 Å². The van der Waals surface area contributed by atoms with Crippen LogP contribution in [0.5, 0.6) is 11.5 Å². The number of methoxy groups -OCH3 is 3. The molecule has 0 radical (unpaired) electrons. The first kappa shape index (κ1) is 25.9. The van der Waals surface area contributed by atoms with E-state index in [1.807, 2.05) is 36.4 Å². The molecule has 0 aliphatic heterocycles. The minimum atomic E-state index is -1.14. The fraction of sp³-hybridized carbons (Fsp3) is 0.360. The molecule has 182 valence electrons. The molecule has 1 amide bonds. The van der Waals surface area contributed by atoms with E-state index in [1.165, 1.54) is 0 Å². The maximum Gasteiger partial charge on any atom is 0.326 e. The summed E-state index contributed by atoms with van der Waals surface area (Å²) in [5, 5.41) is 12.2. The molecule has 0 spiro atoms. The van der Waals surface area contributed by atoms with E-state index < -0.39 is 17.9 Å². The van der Waals surface area contributed by atoms with E-state index in [1.54, 1.807) is 21.3 Å². The van der Waals surface area contributed by atoms with Crippen LogP contribution in [0.25, 0.3) is 11.1 Å². The van der Waals surface area contributed by atoms with Crippen molar-refractivity contribution in [1.29, 1.82) is 0 Å². The number of amides is 1. The molecular formula is C25H27Cl2NO6. The zero-order chi connectivity index (χ0) is 24.8. The summed E-state index contributed by atoms with van der Waals surface area (Å²) in [6, 6.07) is 9.99. The number of carboxylic acid groups (broad SMARTS) is 1. The molecule has 7 nitrogen and oxygen atoms in total. The molecule has 2 aromatic carbocycles. The van der Waals surface area contributed by atoms with Crippen LogP contribution in [0.1, 0.15) is 24.0 Å². The van der Waals surface area contributed by atoms with Crippen LogP contribution in [0, 0.1) is 5.92 Å². The third kappa shape index (κ3) is 6.23. The van der Waals surface area contributed by atoms with Crippen molar-refractivity contribution in [2.24, 2.45) is 5.92 Å². The lowest BCUT2D eigenvalue weighted by molar-refractivity contribution is -0.141. The van der Waals surface area contributed by atoms with Crippen LogP contribution >= 0.6 is 23.2 Å². The third-order valence-electron chi connectivity index (χ3n) is 5.60. The number of carbonyl (C=O) groups is 2. The smallest absolute Gasteiger partial charge is 0.326 e. The molecular weight excluding hydrogens is 481 g/mol. The van der Waals surface area contributed by atoms with Crippen molar-refractivity contribution >= 4 is 35.1 Å². The van der Waals surface area contributed by atoms with Crippen LogP contribution in [-0.2, 0) is 27.4 Å². The van der Waals surface area contributed by atoms with Crippen molar-refractivity contribution in [2.45, 2.75) is 31.9 Å². The van der Waals surface area contributed by atoms with E-state index in [0.717, 1.165) is 35.1 Å². The van der Waals surface area contributed by atoms with Gasteiger partial charge in [-0.05, 0) is 47.6 Å². The average Bonchev–Trinajstić information content (AvgIpc) is 3.63. The predicted octanol–water partition coefficient (Wildman–Crippen LogP) is 4.73. The normalized spacial score (nSPS) is 13.7. The lowest BCUT2D eigenvalue weighted by Crippen LogP contribution is -2.43. The Kier molecular flexibility index (Phi) is 8.83. The summed E-state index contributed by atoms with van der Waals surface area (Å²) >= 11 is 11.7. The number of carboxylic acids is 1. The second kappa shape index (κ2) is 11.6. The van der Waals surface area contributed by atoms with Crippen molar-refractivity contribution in [2.75, 3.05) is 21.3 Å². The lowest BCUT2D eigenvalue weighted by Gasteiger charge is -2.18. The largest absolute Gasteiger partial charge is 0.496 e. The van der Waals surface area contributed by atoms with Crippen molar-refractivity contribution < 1.29 is 28.9 Å². The number of aliphatic carboxylic acids is 1. The molecule has 1 aliphatic carbocycles. The molecule has 0 saturated heterocycles. The van der Waals surface area contributed by atoms with Crippen LogP contribution in [0.2, 0.25) is 0 Å². The van der Waals surface area contributed by atoms with Crippen molar-refractivity contribution in [3.05, 3.63) is 57.6 Å². The fourth-order valence-electron chi connectivity index (χ4n) is 3.78. The number of hydrogen-bond acceptors (Lipinski definition) is 5. The average molecular weight is 508 g/mol. The second-order valence-electron chi connectivity index (χ2n) is 8.02. The van der Waals surface area contributed by atoms with Gasteiger partial charge >= 0.3 is 5.97 Å². The number of benzene rings is 2. The van der Waals surface area contributed by atoms with Gasteiger partial charge in [0.15, 0.2) is 0 Å². The number of ether oxygens (including phenoxy) is 3. The SMILES string of the molecule is COCc1cc(OC)c(-c2ccc(C[C@H](NC(=O)C(=C(Cl)Cl)C3CC3)C(=O)O)cc2)c(OC)c1. The number of carbonyl (C=O) groups excluding carboxylic acids is 1. The fourth-order valence-corrected chi connectivity index (χ4v) is 4.26. The van der Waals surface area contributed by atoms with Crippen LogP contribution in [0.3, 0.4) is 0 Å². The molecule has 9 heteroatoms. The molecule has 1 atom stereocenters. The van der Waals surface area contributed by atoms with Crippen LogP contribution in [-0.4, -0.2) is 44.4 Å². The van der Waals surface area contributed by atoms with E-state index in [0.29, 0.717) is 18.1 Å². The molecule has 0 bridgehead atoms. The molecule has 0 unspecified atom stereocenters. The molecule has 34 heavy (non-hydrogen) atoms. The van der Waals surface area contributed by atoms with Gasteiger partial charge in [0, 0.05) is 13.5 Å². The van der Waals surface area contributed by atoms with E-state index in [-0.39, 0.29) is 22.4 Å². The first-order valence-corrected chi connectivity index (χ1v) is 11.5. The number of rotatable bonds is 11. The predicted molar refractivity (Wildman–Crippen MR) is 130 cm³/mol. The summed E-state index contributed by atoms with van der Waals surface area (Å²) in [7, 11) is 4.79. The standard InChI is InChI=1S/C25H27Cl2NO6/c1-32-13-15-11-19(33-2)21(20(12-15)34-3)16-6-4-14(5-7-16)10-18(25(30)31)28-24(29)22(23(26)27)17-8-9-17/h4-7,11-12,17-18H,8-10,13H2,1-3H3,(H,28,29)(H,30,31)/t18-/m0/s1. The Bertz CT molecular complexity index is 1050. The summed E-state index contributed by atoms with van der Waals surface area (Å²) in [5.74, 6) is -0.439.